The number of hydrogen-bond acceptors (Lipinski definition) is 1. The van der Waals surface area contributed by atoms with Gasteiger partial charge in [0.1, 0.15) is 0 Å². The predicted octanol–water partition coefficient (Wildman–Crippen LogP) is 1.81. The second kappa shape index (κ2) is 4.76. The van der Waals surface area contributed by atoms with E-state index in [1.807, 2.05) is 0 Å². The van der Waals surface area contributed by atoms with Crippen LogP contribution in [0.1, 0.15) is 19.3 Å². The highest BCUT2D eigenvalue weighted by atomic mass is 19.4. The van der Waals surface area contributed by atoms with Crippen molar-refractivity contribution in [1.82, 2.24) is 5.32 Å². The molecule has 0 amide bonds. The Kier molecular flexibility index (Phi) is 3.83. The number of hydrogen-bond donors (Lipinski definition) is 2. The van der Waals surface area contributed by atoms with Crippen LogP contribution in [0.15, 0.2) is 17.6 Å². The number of rotatable bonds is 4. The zero-order valence-corrected chi connectivity index (χ0v) is 8.98. The molecule has 0 unspecified atom stereocenters. The maximum Gasteiger partial charge on any atom is 0.396 e. The molecule has 1 fully saturated rings. The van der Waals surface area contributed by atoms with Crippen LogP contribution in [-0.4, -0.2) is 25.2 Å². The Labute approximate surface area is 92.6 Å². The molecule has 3 N–H and O–H groups in total. The summed E-state index contributed by atoms with van der Waals surface area (Å²) in [5.74, 6) is 0.0374. The van der Waals surface area contributed by atoms with Gasteiger partial charge in [-0.1, -0.05) is 12.5 Å². The van der Waals surface area contributed by atoms with E-state index in [0.29, 0.717) is 13.0 Å². The lowest BCUT2D eigenvalue weighted by Crippen LogP contribution is -2.47. The molecule has 1 rings (SSSR count). The minimum absolute atomic E-state index is 0.0374. The molecular formula is C10H16F3N3. The van der Waals surface area contributed by atoms with Gasteiger partial charge in [-0.25, -0.2) is 0 Å². The Balaban J connectivity index is 2.55. The van der Waals surface area contributed by atoms with E-state index in [9.17, 15) is 13.2 Å². The molecule has 0 aromatic rings. The van der Waals surface area contributed by atoms with Gasteiger partial charge in [0.2, 0.25) is 0 Å². The van der Waals surface area contributed by atoms with Crippen LogP contribution in [0.4, 0.5) is 13.2 Å². The van der Waals surface area contributed by atoms with E-state index < -0.39 is 11.6 Å². The van der Waals surface area contributed by atoms with Gasteiger partial charge in [-0.2, -0.15) is 13.2 Å². The van der Waals surface area contributed by atoms with Gasteiger partial charge in [0.05, 0.1) is 12.0 Å². The number of guanidine groups is 1. The summed E-state index contributed by atoms with van der Waals surface area (Å²) in [6.07, 6.45) is -1.72. The number of nitrogens with two attached hydrogens (primary N) is 1. The molecule has 0 atom stereocenters. The van der Waals surface area contributed by atoms with Gasteiger partial charge < -0.3 is 11.1 Å². The Bertz CT molecular complexity index is 280. The predicted molar refractivity (Wildman–Crippen MR) is 57.0 cm³/mol. The molecule has 1 aliphatic rings. The molecule has 92 valence electrons. The number of nitrogens with zero attached hydrogens (tertiary/aromatic N) is 1. The molecule has 16 heavy (non-hydrogen) atoms. The molecule has 0 spiro atoms. The third-order valence-corrected chi connectivity index (χ3v) is 2.89. The SMILES string of the molecule is C=CCNC(N)=NCC1(C(F)(F)F)CCC1. The highest BCUT2D eigenvalue weighted by molar-refractivity contribution is 5.77. The van der Waals surface area contributed by atoms with Crippen LogP contribution in [0.25, 0.3) is 0 Å². The highest BCUT2D eigenvalue weighted by Gasteiger charge is 2.57. The fourth-order valence-corrected chi connectivity index (χ4v) is 1.60. The first kappa shape index (κ1) is 12.9. The highest BCUT2D eigenvalue weighted by Crippen LogP contribution is 2.53. The average Bonchev–Trinajstić information content (AvgIpc) is 2.10. The lowest BCUT2D eigenvalue weighted by atomic mass is 9.68. The number of aliphatic imine (C=N–C) groups is 1. The summed E-state index contributed by atoms with van der Waals surface area (Å²) in [5, 5.41) is 2.65. The second-order valence-corrected chi connectivity index (χ2v) is 4.00. The van der Waals surface area contributed by atoms with Gasteiger partial charge in [0.25, 0.3) is 0 Å². The van der Waals surface area contributed by atoms with Crippen molar-refractivity contribution in [3.8, 4) is 0 Å². The van der Waals surface area contributed by atoms with Gasteiger partial charge in [-0.3, -0.25) is 4.99 Å². The first-order chi connectivity index (χ1) is 7.41. The van der Waals surface area contributed by atoms with Gasteiger partial charge in [-0.05, 0) is 12.8 Å². The summed E-state index contributed by atoms with van der Waals surface area (Å²) in [5.41, 5.74) is 3.77. The summed E-state index contributed by atoms with van der Waals surface area (Å²) in [6, 6.07) is 0. The van der Waals surface area contributed by atoms with Crippen molar-refractivity contribution < 1.29 is 13.2 Å². The molecule has 6 heteroatoms. The van der Waals surface area contributed by atoms with Crippen molar-refractivity contribution in [3.63, 3.8) is 0 Å². The van der Waals surface area contributed by atoms with Crippen molar-refractivity contribution in [2.24, 2.45) is 16.1 Å². The third-order valence-electron chi connectivity index (χ3n) is 2.89. The Hall–Kier alpha value is -1.20. The van der Waals surface area contributed by atoms with Crippen molar-refractivity contribution in [2.45, 2.75) is 25.4 Å². The van der Waals surface area contributed by atoms with E-state index in [0.717, 1.165) is 0 Å². The lowest BCUT2D eigenvalue weighted by Gasteiger charge is -2.41. The molecule has 3 nitrogen and oxygen atoms in total. The van der Waals surface area contributed by atoms with E-state index in [4.69, 9.17) is 5.73 Å². The summed E-state index contributed by atoms with van der Waals surface area (Å²) in [6.45, 7) is 3.57. The number of halogens is 3. The van der Waals surface area contributed by atoms with Crippen molar-refractivity contribution in [3.05, 3.63) is 12.7 Å². The van der Waals surface area contributed by atoms with Crippen molar-refractivity contribution in [2.75, 3.05) is 13.1 Å². The standard InChI is InChI=1S/C10H16F3N3/c1-2-6-15-8(14)16-7-9(4-3-5-9)10(11,12)13/h2H,1,3-7H2,(H3,14,15,16). The quantitative estimate of drug-likeness (QED) is 0.443. The van der Waals surface area contributed by atoms with Crippen LogP contribution < -0.4 is 11.1 Å². The van der Waals surface area contributed by atoms with Crippen LogP contribution in [0.5, 0.6) is 0 Å². The summed E-state index contributed by atoms with van der Waals surface area (Å²) >= 11 is 0. The smallest absolute Gasteiger partial charge is 0.370 e. The zero-order chi connectivity index (χ0) is 12.2. The molecule has 0 aromatic carbocycles. The average molecular weight is 235 g/mol. The van der Waals surface area contributed by atoms with E-state index >= 15 is 0 Å². The first-order valence-electron chi connectivity index (χ1n) is 5.13. The van der Waals surface area contributed by atoms with Gasteiger partial charge in [0, 0.05) is 6.54 Å². The summed E-state index contributed by atoms with van der Waals surface area (Å²) in [4.78, 5) is 3.74. The fourth-order valence-electron chi connectivity index (χ4n) is 1.60. The minimum atomic E-state index is -4.19. The van der Waals surface area contributed by atoms with Crippen LogP contribution in [0.3, 0.4) is 0 Å². The molecule has 0 heterocycles. The Morgan fingerprint density at radius 1 is 1.50 bits per heavy atom. The van der Waals surface area contributed by atoms with E-state index in [2.05, 4.69) is 16.9 Å². The number of alkyl halides is 3. The molecule has 0 aliphatic heterocycles. The van der Waals surface area contributed by atoms with Crippen LogP contribution in [0.2, 0.25) is 0 Å². The molecule has 0 aromatic heterocycles. The number of nitrogens with one attached hydrogen (secondary N) is 1. The van der Waals surface area contributed by atoms with Crippen LogP contribution in [-0.2, 0) is 0 Å². The largest absolute Gasteiger partial charge is 0.396 e. The zero-order valence-electron chi connectivity index (χ0n) is 8.98. The topological polar surface area (TPSA) is 50.4 Å². The molecule has 1 saturated carbocycles. The van der Waals surface area contributed by atoms with E-state index in [1.54, 1.807) is 6.08 Å². The fraction of sp³-hybridized carbons (Fsp3) is 0.700. The first-order valence-corrected chi connectivity index (χ1v) is 5.13. The van der Waals surface area contributed by atoms with Gasteiger partial charge in [-0.15, -0.1) is 6.58 Å². The molecule has 0 bridgehead atoms. The third kappa shape index (κ3) is 2.68. The maximum atomic E-state index is 12.7. The van der Waals surface area contributed by atoms with Crippen LogP contribution in [0, 0.1) is 5.41 Å². The normalized spacial score (nSPS) is 20.1. The van der Waals surface area contributed by atoms with E-state index in [-0.39, 0.29) is 25.3 Å². The second-order valence-electron chi connectivity index (χ2n) is 4.00. The Morgan fingerprint density at radius 2 is 2.12 bits per heavy atom. The van der Waals surface area contributed by atoms with Crippen molar-refractivity contribution in [1.29, 1.82) is 0 Å². The maximum absolute atomic E-state index is 12.7. The van der Waals surface area contributed by atoms with Crippen LogP contribution >= 0.6 is 0 Å². The van der Waals surface area contributed by atoms with Gasteiger partial charge >= 0.3 is 6.18 Å². The summed E-state index contributed by atoms with van der Waals surface area (Å²) in [7, 11) is 0. The molecule has 1 aliphatic carbocycles. The summed E-state index contributed by atoms with van der Waals surface area (Å²) < 4.78 is 38.1. The molecule has 0 radical (unpaired) electrons. The van der Waals surface area contributed by atoms with Crippen molar-refractivity contribution >= 4 is 5.96 Å². The molecule has 0 saturated heterocycles. The Morgan fingerprint density at radius 3 is 2.50 bits per heavy atom. The van der Waals surface area contributed by atoms with E-state index in [1.165, 1.54) is 0 Å². The molecular weight excluding hydrogens is 219 g/mol. The lowest BCUT2D eigenvalue weighted by molar-refractivity contribution is -0.245. The monoisotopic (exact) mass is 235 g/mol. The van der Waals surface area contributed by atoms with Gasteiger partial charge in [0.15, 0.2) is 5.96 Å². The minimum Gasteiger partial charge on any atom is -0.370 e.